The SMILES string of the molecule is Cc1ccc(CCc2nc3cc(C)ccn3n2)cc1. The molecule has 0 spiro atoms. The van der Waals surface area contributed by atoms with Crippen LogP contribution in [0, 0.1) is 13.8 Å². The third-order valence-corrected chi connectivity index (χ3v) is 3.29. The standard InChI is InChI=1S/C16H17N3/c1-12-3-5-14(6-4-12)7-8-15-17-16-11-13(2)9-10-19(16)18-15/h3-6,9-11H,7-8H2,1-2H3. The Morgan fingerprint density at radius 2 is 1.74 bits per heavy atom. The summed E-state index contributed by atoms with van der Waals surface area (Å²) >= 11 is 0. The van der Waals surface area contributed by atoms with Gasteiger partial charge in [0.25, 0.3) is 0 Å². The van der Waals surface area contributed by atoms with Gasteiger partial charge in [-0.25, -0.2) is 9.50 Å². The lowest BCUT2D eigenvalue weighted by Gasteiger charge is -1.99. The second-order valence-electron chi connectivity index (χ2n) is 5.02. The molecule has 3 aromatic rings. The summed E-state index contributed by atoms with van der Waals surface area (Å²) in [7, 11) is 0. The van der Waals surface area contributed by atoms with Crippen LogP contribution in [-0.2, 0) is 12.8 Å². The van der Waals surface area contributed by atoms with Crippen molar-refractivity contribution < 1.29 is 0 Å². The fourth-order valence-electron chi connectivity index (χ4n) is 2.15. The van der Waals surface area contributed by atoms with Gasteiger partial charge in [0, 0.05) is 12.6 Å². The molecule has 0 saturated heterocycles. The molecule has 0 fully saturated rings. The van der Waals surface area contributed by atoms with E-state index in [-0.39, 0.29) is 0 Å². The third-order valence-electron chi connectivity index (χ3n) is 3.29. The van der Waals surface area contributed by atoms with E-state index in [1.807, 2.05) is 16.8 Å². The molecule has 0 unspecified atom stereocenters. The summed E-state index contributed by atoms with van der Waals surface area (Å²) in [6.45, 7) is 4.18. The van der Waals surface area contributed by atoms with E-state index < -0.39 is 0 Å². The van der Waals surface area contributed by atoms with Gasteiger partial charge < -0.3 is 0 Å². The number of pyridine rings is 1. The van der Waals surface area contributed by atoms with Gasteiger partial charge in [0.2, 0.25) is 0 Å². The number of aromatic nitrogens is 3. The molecule has 0 N–H and O–H groups in total. The average Bonchev–Trinajstić information content (AvgIpc) is 2.80. The van der Waals surface area contributed by atoms with E-state index in [4.69, 9.17) is 0 Å². The van der Waals surface area contributed by atoms with Gasteiger partial charge in [0.1, 0.15) is 0 Å². The van der Waals surface area contributed by atoms with Crippen molar-refractivity contribution in [2.45, 2.75) is 26.7 Å². The third kappa shape index (κ3) is 2.65. The van der Waals surface area contributed by atoms with Crippen LogP contribution in [0.1, 0.15) is 22.5 Å². The molecular formula is C16H17N3. The molecule has 0 saturated carbocycles. The highest BCUT2D eigenvalue weighted by Gasteiger charge is 2.04. The molecule has 3 nitrogen and oxygen atoms in total. The summed E-state index contributed by atoms with van der Waals surface area (Å²) in [5.74, 6) is 0.908. The van der Waals surface area contributed by atoms with Crippen molar-refractivity contribution in [2.24, 2.45) is 0 Å². The van der Waals surface area contributed by atoms with Gasteiger partial charge in [-0.15, -0.1) is 0 Å². The first-order valence-corrected chi connectivity index (χ1v) is 6.58. The Balaban J connectivity index is 1.76. The summed E-state index contributed by atoms with van der Waals surface area (Å²) in [4.78, 5) is 4.56. The van der Waals surface area contributed by atoms with Crippen LogP contribution < -0.4 is 0 Å². The van der Waals surface area contributed by atoms with Crippen LogP contribution in [0.15, 0.2) is 42.6 Å². The van der Waals surface area contributed by atoms with Crippen LogP contribution in [0.4, 0.5) is 0 Å². The second-order valence-corrected chi connectivity index (χ2v) is 5.02. The average molecular weight is 251 g/mol. The summed E-state index contributed by atoms with van der Waals surface area (Å²) in [5, 5.41) is 4.49. The van der Waals surface area contributed by atoms with Gasteiger partial charge in [-0.05, 0) is 43.5 Å². The van der Waals surface area contributed by atoms with Gasteiger partial charge >= 0.3 is 0 Å². The molecule has 0 aliphatic carbocycles. The molecule has 2 heterocycles. The van der Waals surface area contributed by atoms with Gasteiger partial charge in [0.15, 0.2) is 11.5 Å². The monoisotopic (exact) mass is 251 g/mol. The molecule has 19 heavy (non-hydrogen) atoms. The van der Waals surface area contributed by atoms with Gasteiger partial charge in [-0.2, -0.15) is 5.10 Å². The fourth-order valence-corrected chi connectivity index (χ4v) is 2.15. The number of aryl methyl sites for hydroxylation is 4. The van der Waals surface area contributed by atoms with Crippen molar-refractivity contribution in [1.82, 2.24) is 14.6 Å². The highest BCUT2D eigenvalue weighted by atomic mass is 15.3. The number of nitrogens with zero attached hydrogens (tertiary/aromatic N) is 3. The minimum atomic E-state index is 0.879. The van der Waals surface area contributed by atoms with E-state index in [2.05, 4.69) is 54.3 Å². The number of rotatable bonds is 3. The van der Waals surface area contributed by atoms with E-state index in [1.54, 1.807) is 0 Å². The first-order valence-electron chi connectivity index (χ1n) is 6.58. The van der Waals surface area contributed by atoms with Crippen molar-refractivity contribution in [2.75, 3.05) is 0 Å². The van der Waals surface area contributed by atoms with E-state index in [9.17, 15) is 0 Å². The zero-order valence-corrected chi connectivity index (χ0v) is 11.3. The van der Waals surface area contributed by atoms with E-state index in [1.165, 1.54) is 16.7 Å². The predicted octanol–water partition coefficient (Wildman–Crippen LogP) is 3.13. The topological polar surface area (TPSA) is 30.2 Å². The Morgan fingerprint density at radius 1 is 0.947 bits per heavy atom. The molecule has 96 valence electrons. The summed E-state index contributed by atoms with van der Waals surface area (Å²) < 4.78 is 1.84. The molecule has 1 aromatic carbocycles. The molecule has 0 aliphatic rings. The maximum atomic E-state index is 4.56. The Morgan fingerprint density at radius 3 is 2.53 bits per heavy atom. The maximum absolute atomic E-state index is 4.56. The summed E-state index contributed by atoms with van der Waals surface area (Å²) in [5.41, 5.74) is 4.77. The predicted molar refractivity (Wildman–Crippen MR) is 76.3 cm³/mol. The molecule has 2 aromatic heterocycles. The zero-order valence-electron chi connectivity index (χ0n) is 11.3. The quantitative estimate of drug-likeness (QED) is 0.716. The lowest BCUT2D eigenvalue weighted by Crippen LogP contribution is -1.94. The molecule has 3 rings (SSSR count). The number of hydrogen-bond donors (Lipinski definition) is 0. The first kappa shape index (κ1) is 11.9. The lowest BCUT2D eigenvalue weighted by atomic mass is 10.1. The fraction of sp³-hybridized carbons (Fsp3) is 0.250. The smallest absolute Gasteiger partial charge is 0.155 e. The van der Waals surface area contributed by atoms with Crippen LogP contribution in [0.2, 0.25) is 0 Å². The molecule has 0 atom stereocenters. The van der Waals surface area contributed by atoms with Crippen molar-refractivity contribution >= 4 is 5.65 Å². The lowest BCUT2D eigenvalue weighted by molar-refractivity contribution is 0.836. The van der Waals surface area contributed by atoms with Crippen molar-refractivity contribution in [3.63, 3.8) is 0 Å². The number of hydrogen-bond acceptors (Lipinski definition) is 2. The Bertz CT molecular complexity index is 696. The van der Waals surface area contributed by atoms with Crippen molar-refractivity contribution in [1.29, 1.82) is 0 Å². The highest BCUT2D eigenvalue weighted by Crippen LogP contribution is 2.09. The van der Waals surface area contributed by atoms with Crippen LogP contribution in [0.5, 0.6) is 0 Å². The van der Waals surface area contributed by atoms with Gasteiger partial charge in [-0.3, -0.25) is 0 Å². The largest absolute Gasteiger partial charge is 0.221 e. The molecule has 3 heteroatoms. The second kappa shape index (κ2) is 4.84. The Kier molecular flexibility index (Phi) is 3.03. The summed E-state index contributed by atoms with van der Waals surface area (Å²) in [6.07, 6.45) is 3.83. The van der Waals surface area contributed by atoms with E-state index in [0.29, 0.717) is 0 Å². The van der Waals surface area contributed by atoms with Gasteiger partial charge in [0.05, 0.1) is 0 Å². The molecule has 0 aliphatic heterocycles. The maximum Gasteiger partial charge on any atom is 0.155 e. The highest BCUT2D eigenvalue weighted by molar-refractivity contribution is 5.40. The normalized spacial score (nSPS) is 11.1. The molecule has 0 radical (unpaired) electrons. The van der Waals surface area contributed by atoms with Crippen molar-refractivity contribution in [3.05, 3.63) is 65.1 Å². The Hall–Kier alpha value is -2.16. The van der Waals surface area contributed by atoms with Crippen LogP contribution in [-0.4, -0.2) is 14.6 Å². The Labute approximate surface area is 112 Å². The van der Waals surface area contributed by atoms with Crippen molar-refractivity contribution in [3.8, 4) is 0 Å². The minimum Gasteiger partial charge on any atom is -0.221 e. The van der Waals surface area contributed by atoms with Crippen LogP contribution in [0.25, 0.3) is 5.65 Å². The van der Waals surface area contributed by atoms with E-state index in [0.717, 1.165) is 24.3 Å². The minimum absolute atomic E-state index is 0.879. The van der Waals surface area contributed by atoms with Crippen LogP contribution in [0.3, 0.4) is 0 Å². The first-order chi connectivity index (χ1) is 9.20. The number of fused-ring (bicyclic) bond motifs is 1. The number of benzene rings is 1. The van der Waals surface area contributed by atoms with E-state index >= 15 is 0 Å². The zero-order chi connectivity index (χ0) is 13.2. The van der Waals surface area contributed by atoms with Crippen LogP contribution >= 0.6 is 0 Å². The molecular weight excluding hydrogens is 234 g/mol. The molecule has 0 amide bonds. The summed E-state index contributed by atoms with van der Waals surface area (Å²) in [6, 6.07) is 12.8. The molecule has 0 bridgehead atoms. The van der Waals surface area contributed by atoms with Gasteiger partial charge in [-0.1, -0.05) is 29.8 Å².